The number of benzene rings is 1. The molecule has 18 heavy (non-hydrogen) atoms. The highest BCUT2D eigenvalue weighted by Gasteiger charge is 2.28. The molecule has 1 fully saturated rings. The summed E-state index contributed by atoms with van der Waals surface area (Å²) in [6.07, 6.45) is 4.78. The molecule has 1 aliphatic rings. The van der Waals surface area contributed by atoms with Crippen molar-refractivity contribution in [2.24, 2.45) is 5.73 Å². The van der Waals surface area contributed by atoms with Crippen LogP contribution in [0.1, 0.15) is 38.7 Å². The molecule has 2 heteroatoms. The molecule has 1 aromatic carbocycles. The lowest BCUT2D eigenvalue weighted by molar-refractivity contribution is 0.152. The lowest BCUT2D eigenvalue weighted by atomic mass is 10.0. The minimum Gasteiger partial charge on any atom is -0.328 e. The third-order valence-electron chi connectivity index (χ3n) is 4.22. The molecule has 0 amide bonds. The molecule has 2 rings (SSSR count). The van der Waals surface area contributed by atoms with Crippen molar-refractivity contribution in [2.45, 2.75) is 57.7 Å². The maximum absolute atomic E-state index is 6.04. The van der Waals surface area contributed by atoms with Crippen molar-refractivity contribution in [1.29, 1.82) is 0 Å². The maximum atomic E-state index is 6.04. The largest absolute Gasteiger partial charge is 0.328 e. The number of rotatable bonds is 5. The van der Waals surface area contributed by atoms with Gasteiger partial charge in [-0.25, -0.2) is 0 Å². The topological polar surface area (TPSA) is 29.3 Å². The Balaban J connectivity index is 1.95. The van der Waals surface area contributed by atoms with E-state index in [0.29, 0.717) is 18.1 Å². The van der Waals surface area contributed by atoms with Gasteiger partial charge >= 0.3 is 0 Å². The summed E-state index contributed by atoms with van der Waals surface area (Å²) in [5, 5.41) is 0. The van der Waals surface area contributed by atoms with E-state index in [1.165, 1.54) is 24.8 Å². The van der Waals surface area contributed by atoms with Gasteiger partial charge in [-0.05, 0) is 44.7 Å². The second kappa shape index (κ2) is 6.35. The highest BCUT2D eigenvalue weighted by molar-refractivity contribution is 5.15. The van der Waals surface area contributed by atoms with Gasteiger partial charge in [0.25, 0.3) is 0 Å². The molecule has 1 saturated carbocycles. The summed E-state index contributed by atoms with van der Waals surface area (Å²) in [5.74, 6) is 0. The molecule has 0 spiro atoms. The van der Waals surface area contributed by atoms with Crippen LogP contribution < -0.4 is 5.73 Å². The monoisotopic (exact) mass is 246 g/mol. The van der Waals surface area contributed by atoms with Gasteiger partial charge in [0.15, 0.2) is 0 Å². The van der Waals surface area contributed by atoms with E-state index in [1.807, 2.05) is 0 Å². The van der Waals surface area contributed by atoms with E-state index in [4.69, 9.17) is 5.73 Å². The molecule has 0 aliphatic heterocycles. The van der Waals surface area contributed by atoms with Gasteiger partial charge in [0.05, 0.1) is 0 Å². The zero-order chi connectivity index (χ0) is 13.0. The summed E-state index contributed by atoms with van der Waals surface area (Å²) in [4.78, 5) is 2.64. The molecule has 0 radical (unpaired) electrons. The van der Waals surface area contributed by atoms with Gasteiger partial charge in [0, 0.05) is 18.1 Å². The molecular weight excluding hydrogens is 220 g/mol. The molecule has 2 N–H and O–H groups in total. The van der Waals surface area contributed by atoms with Crippen LogP contribution >= 0.6 is 0 Å². The molecule has 0 bridgehead atoms. The summed E-state index contributed by atoms with van der Waals surface area (Å²) in [7, 11) is 0. The van der Waals surface area contributed by atoms with Crippen molar-refractivity contribution in [1.82, 2.24) is 4.90 Å². The molecule has 0 saturated heterocycles. The fourth-order valence-corrected chi connectivity index (χ4v) is 3.30. The Morgan fingerprint density at radius 1 is 1.28 bits per heavy atom. The first-order valence-electron chi connectivity index (χ1n) is 7.26. The Morgan fingerprint density at radius 2 is 2.00 bits per heavy atom. The first kappa shape index (κ1) is 13.6. The van der Waals surface area contributed by atoms with Gasteiger partial charge < -0.3 is 5.73 Å². The number of hydrogen-bond donors (Lipinski definition) is 1. The van der Waals surface area contributed by atoms with Gasteiger partial charge in [0.1, 0.15) is 0 Å². The zero-order valence-electron chi connectivity index (χ0n) is 11.7. The van der Waals surface area contributed by atoms with Crippen LogP contribution in [0.5, 0.6) is 0 Å². The number of nitrogens with two attached hydrogens (primary N) is 1. The average molecular weight is 246 g/mol. The molecule has 2 nitrogen and oxygen atoms in total. The summed E-state index contributed by atoms with van der Waals surface area (Å²) in [6, 6.07) is 12.5. The molecule has 1 aromatic rings. The molecule has 3 atom stereocenters. The number of hydrogen-bond acceptors (Lipinski definition) is 2. The first-order chi connectivity index (χ1) is 8.70. The Hall–Kier alpha value is -0.860. The predicted octanol–water partition coefficient (Wildman–Crippen LogP) is 2.82. The summed E-state index contributed by atoms with van der Waals surface area (Å²) in [5.41, 5.74) is 7.48. The standard InChI is InChI=1S/C16H26N2/c1-3-18(16-10-9-15(17)12-16)13(2)11-14-7-5-4-6-8-14/h4-8,13,15-16H,3,9-12,17H2,1-2H3. The van der Waals surface area contributed by atoms with E-state index in [1.54, 1.807) is 0 Å². The minimum atomic E-state index is 0.424. The number of likely N-dealkylation sites (N-methyl/N-ethyl adjacent to an activating group) is 1. The molecule has 1 aliphatic carbocycles. The molecule has 0 heterocycles. The average Bonchev–Trinajstić information content (AvgIpc) is 2.78. The van der Waals surface area contributed by atoms with Crippen molar-refractivity contribution in [3.63, 3.8) is 0 Å². The van der Waals surface area contributed by atoms with Crippen LogP contribution in [0.2, 0.25) is 0 Å². The molecule has 3 unspecified atom stereocenters. The van der Waals surface area contributed by atoms with Crippen LogP contribution in [0, 0.1) is 0 Å². The van der Waals surface area contributed by atoms with Crippen molar-refractivity contribution < 1.29 is 0 Å². The smallest absolute Gasteiger partial charge is 0.0113 e. The first-order valence-corrected chi connectivity index (χ1v) is 7.26. The predicted molar refractivity (Wildman–Crippen MR) is 77.6 cm³/mol. The number of nitrogens with zero attached hydrogens (tertiary/aromatic N) is 1. The maximum Gasteiger partial charge on any atom is 0.0113 e. The second-order valence-corrected chi connectivity index (χ2v) is 5.60. The van der Waals surface area contributed by atoms with Gasteiger partial charge in [-0.3, -0.25) is 4.90 Å². The summed E-state index contributed by atoms with van der Waals surface area (Å²) in [6.45, 7) is 5.75. The Labute approximate surface area is 111 Å². The Kier molecular flexibility index (Phi) is 4.79. The van der Waals surface area contributed by atoms with Gasteiger partial charge in [-0.2, -0.15) is 0 Å². The fraction of sp³-hybridized carbons (Fsp3) is 0.625. The van der Waals surface area contributed by atoms with E-state index < -0.39 is 0 Å². The van der Waals surface area contributed by atoms with Crippen LogP contribution in [-0.4, -0.2) is 29.6 Å². The van der Waals surface area contributed by atoms with Crippen LogP contribution in [0.15, 0.2) is 30.3 Å². The van der Waals surface area contributed by atoms with Gasteiger partial charge in [0.2, 0.25) is 0 Å². The SMILES string of the molecule is CCN(C(C)Cc1ccccc1)C1CCC(N)C1. The van der Waals surface area contributed by atoms with Crippen LogP contribution in [0.3, 0.4) is 0 Å². The van der Waals surface area contributed by atoms with Gasteiger partial charge in [-0.15, -0.1) is 0 Å². The quantitative estimate of drug-likeness (QED) is 0.865. The summed E-state index contributed by atoms with van der Waals surface area (Å²) >= 11 is 0. The summed E-state index contributed by atoms with van der Waals surface area (Å²) < 4.78 is 0. The lowest BCUT2D eigenvalue weighted by Crippen LogP contribution is -2.42. The fourth-order valence-electron chi connectivity index (χ4n) is 3.30. The van der Waals surface area contributed by atoms with E-state index >= 15 is 0 Å². The third kappa shape index (κ3) is 3.33. The van der Waals surface area contributed by atoms with Crippen molar-refractivity contribution in [3.05, 3.63) is 35.9 Å². The Bertz CT molecular complexity index is 349. The normalized spacial score (nSPS) is 25.6. The third-order valence-corrected chi connectivity index (χ3v) is 4.22. The minimum absolute atomic E-state index is 0.424. The van der Waals surface area contributed by atoms with E-state index in [0.717, 1.165) is 13.0 Å². The van der Waals surface area contributed by atoms with Crippen molar-refractivity contribution >= 4 is 0 Å². The van der Waals surface area contributed by atoms with Crippen LogP contribution in [0.4, 0.5) is 0 Å². The van der Waals surface area contributed by atoms with Crippen molar-refractivity contribution in [3.8, 4) is 0 Å². The molecule has 100 valence electrons. The van der Waals surface area contributed by atoms with E-state index in [9.17, 15) is 0 Å². The lowest BCUT2D eigenvalue weighted by Gasteiger charge is -2.33. The van der Waals surface area contributed by atoms with E-state index in [-0.39, 0.29) is 0 Å². The molecule has 0 aromatic heterocycles. The Morgan fingerprint density at radius 3 is 2.56 bits per heavy atom. The molecular formula is C16H26N2. The van der Waals surface area contributed by atoms with Crippen LogP contribution in [0.25, 0.3) is 0 Å². The van der Waals surface area contributed by atoms with Crippen molar-refractivity contribution in [2.75, 3.05) is 6.54 Å². The second-order valence-electron chi connectivity index (χ2n) is 5.60. The van der Waals surface area contributed by atoms with E-state index in [2.05, 4.69) is 49.1 Å². The highest BCUT2D eigenvalue weighted by atomic mass is 15.2. The zero-order valence-corrected chi connectivity index (χ0v) is 11.7. The van der Waals surface area contributed by atoms with Gasteiger partial charge in [-0.1, -0.05) is 37.3 Å². The van der Waals surface area contributed by atoms with Crippen LogP contribution in [-0.2, 0) is 6.42 Å². The highest BCUT2D eigenvalue weighted by Crippen LogP contribution is 2.25.